The minimum absolute atomic E-state index is 0.191. The van der Waals surface area contributed by atoms with Crippen LogP contribution < -0.4 is 9.47 Å². The van der Waals surface area contributed by atoms with Gasteiger partial charge in [-0.2, -0.15) is 0 Å². The fraction of sp³-hybridized carbons (Fsp3) is 0.154. The van der Waals surface area contributed by atoms with Crippen LogP contribution in [0.5, 0.6) is 11.5 Å². The van der Waals surface area contributed by atoms with Gasteiger partial charge in [0.25, 0.3) is 11.8 Å². The average molecular weight is 413 g/mol. The third kappa shape index (κ3) is 4.21. The Bertz CT molecular complexity index is 1130. The maximum Gasteiger partial charge on any atom is 0.261 e. The molecule has 0 atom stereocenters. The molecule has 156 valence electrons. The number of nitrogens with zero attached hydrogens (tertiary/aromatic N) is 1. The average Bonchev–Trinajstić information content (AvgIpc) is 2.81. The normalized spacial score (nSPS) is 14.5. The summed E-state index contributed by atoms with van der Waals surface area (Å²) in [5.74, 6) is 0.895. The molecular formula is C26H23NO4. The predicted molar refractivity (Wildman–Crippen MR) is 120 cm³/mol. The van der Waals surface area contributed by atoms with E-state index >= 15 is 0 Å². The molecule has 0 saturated heterocycles. The smallest absolute Gasteiger partial charge is 0.261 e. The van der Waals surface area contributed by atoms with Crippen LogP contribution in [0.2, 0.25) is 0 Å². The molecular weight excluding hydrogens is 390 g/mol. The molecule has 5 nitrogen and oxygen atoms in total. The fourth-order valence-electron chi connectivity index (χ4n) is 3.59. The number of benzene rings is 3. The van der Waals surface area contributed by atoms with Crippen LogP contribution in [0.1, 0.15) is 34.0 Å². The van der Waals surface area contributed by atoms with Crippen LogP contribution in [-0.2, 0) is 11.3 Å². The Labute approximate surface area is 181 Å². The number of carbonyl (C=O) groups is 2. The summed E-state index contributed by atoms with van der Waals surface area (Å²) >= 11 is 0. The second kappa shape index (κ2) is 8.88. The highest BCUT2D eigenvalue weighted by Gasteiger charge is 2.34. The number of rotatable bonds is 6. The van der Waals surface area contributed by atoms with Crippen LogP contribution in [0.25, 0.3) is 11.6 Å². The van der Waals surface area contributed by atoms with E-state index in [9.17, 15) is 9.59 Å². The van der Waals surface area contributed by atoms with Gasteiger partial charge in [0.1, 0.15) is 11.5 Å². The van der Waals surface area contributed by atoms with E-state index in [2.05, 4.69) is 0 Å². The highest BCUT2D eigenvalue weighted by Crippen LogP contribution is 2.31. The van der Waals surface area contributed by atoms with Crippen molar-refractivity contribution in [2.45, 2.75) is 13.5 Å². The Balaban J connectivity index is 1.71. The first-order valence-corrected chi connectivity index (χ1v) is 10.1. The molecule has 0 N–H and O–H groups in total. The van der Waals surface area contributed by atoms with Gasteiger partial charge in [0.2, 0.25) is 0 Å². The molecule has 0 bridgehead atoms. The first kappa shape index (κ1) is 20.4. The molecule has 0 unspecified atom stereocenters. The Morgan fingerprint density at radius 2 is 1.45 bits per heavy atom. The van der Waals surface area contributed by atoms with Gasteiger partial charge in [0.05, 0.1) is 20.3 Å². The van der Waals surface area contributed by atoms with Crippen LogP contribution in [0, 0.1) is 0 Å². The molecule has 1 aliphatic rings. The van der Waals surface area contributed by atoms with E-state index in [4.69, 9.17) is 9.47 Å². The first-order chi connectivity index (χ1) is 15.1. The fourth-order valence-corrected chi connectivity index (χ4v) is 3.59. The van der Waals surface area contributed by atoms with Crippen LogP contribution in [0.3, 0.4) is 0 Å². The molecule has 4 rings (SSSR count). The second-order valence-electron chi connectivity index (χ2n) is 7.15. The van der Waals surface area contributed by atoms with Crippen molar-refractivity contribution in [3.63, 3.8) is 0 Å². The van der Waals surface area contributed by atoms with E-state index in [1.54, 1.807) is 13.2 Å². The van der Waals surface area contributed by atoms with E-state index in [0.717, 1.165) is 22.6 Å². The molecule has 31 heavy (non-hydrogen) atoms. The first-order valence-electron chi connectivity index (χ1n) is 10.1. The summed E-state index contributed by atoms with van der Waals surface area (Å²) in [5, 5.41) is 0. The quantitative estimate of drug-likeness (QED) is 0.430. The van der Waals surface area contributed by atoms with Crippen molar-refractivity contribution < 1.29 is 19.1 Å². The minimum Gasteiger partial charge on any atom is -0.497 e. The van der Waals surface area contributed by atoms with E-state index in [1.807, 2.05) is 79.7 Å². The Morgan fingerprint density at radius 1 is 0.806 bits per heavy atom. The van der Waals surface area contributed by atoms with Crippen molar-refractivity contribution in [2.75, 3.05) is 13.7 Å². The van der Waals surface area contributed by atoms with Gasteiger partial charge >= 0.3 is 0 Å². The van der Waals surface area contributed by atoms with E-state index < -0.39 is 0 Å². The number of carbonyl (C=O) groups excluding carboxylic acids is 2. The summed E-state index contributed by atoms with van der Waals surface area (Å²) in [7, 11) is 1.60. The summed E-state index contributed by atoms with van der Waals surface area (Å²) in [6.07, 6.45) is 1.82. The summed E-state index contributed by atoms with van der Waals surface area (Å²) in [4.78, 5) is 27.8. The lowest BCUT2D eigenvalue weighted by molar-refractivity contribution is -0.123. The topological polar surface area (TPSA) is 55.8 Å². The van der Waals surface area contributed by atoms with Crippen LogP contribution in [-0.4, -0.2) is 30.4 Å². The molecule has 5 heteroatoms. The molecule has 3 aromatic rings. The number of amides is 2. The van der Waals surface area contributed by atoms with Crippen molar-refractivity contribution in [3.05, 3.63) is 95.1 Å². The van der Waals surface area contributed by atoms with Crippen molar-refractivity contribution >= 4 is 23.5 Å². The molecule has 1 aliphatic heterocycles. The maximum atomic E-state index is 13.4. The zero-order valence-corrected chi connectivity index (χ0v) is 17.5. The van der Waals surface area contributed by atoms with Crippen LogP contribution in [0.15, 0.2) is 72.8 Å². The van der Waals surface area contributed by atoms with E-state index in [-0.39, 0.29) is 18.4 Å². The Morgan fingerprint density at radius 3 is 2.10 bits per heavy atom. The Kier molecular flexibility index (Phi) is 5.85. The highest BCUT2D eigenvalue weighted by atomic mass is 16.5. The van der Waals surface area contributed by atoms with Gasteiger partial charge in [-0.1, -0.05) is 42.5 Å². The number of methoxy groups -OCH3 is 1. The minimum atomic E-state index is -0.312. The number of hydrogen-bond donors (Lipinski definition) is 0. The maximum absolute atomic E-state index is 13.4. The van der Waals surface area contributed by atoms with Gasteiger partial charge in [0, 0.05) is 11.1 Å². The lowest BCUT2D eigenvalue weighted by atomic mass is 9.91. The zero-order chi connectivity index (χ0) is 21.8. The van der Waals surface area contributed by atoms with Crippen molar-refractivity contribution in [2.24, 2.45) is 0 Å². The van der Waals surface area contributed by atoms with Crippen LogP contribution >= 0.6 is 0 Å². The number of imide groups is 1. The lowest BCUT2D eigenvalue weighted by Crippen LogP contribution is -2.41. The summed E-state index contributed by atoms with van der Waals surface area (Å²) in [5.41, 5.74) is 3.38. The third-order valence-corrected chi connectivity index (χ3v) is 5.17. The molecule has 0 fully saturated rings. The molecule has 0 aliphatic carbocycles. The molecule has 0 spiro atoms. The highest BCUT2D eigenvalue weighted by molar-refractivity contribution is 6.33. The largest absolute Gasteiger partial charge is 0.497 e. The van der Waals surface area contributed by atoms with E-state index in [1.165, 1.54) is 4.90 Å². The zero-order valence-electron chi connectivity index (χ0n) is 17.5. The van der Waals surface area contributed by atoms with Crippen molar-refractivity contribution in [1.82, 2.24) is 4.90 Å². The number of hydrogen-bond acceptors (Lipinski definition) is 4. The van der Waals surface area contributed by atoms with Gasteiger partial charge in [-0.05, 0) is 60.0 Å². The molecule has 0 radical (unpaired) electrons. The molecule has 3 aromatic carbocycles. The third-order valence-electron chi connectivity index (χ3n) is 5.17. The van der Waals surface area contributed by atoms with Crippen LogP contribution in [0.4, 0.5) is 0 Å². The summed E-state index contributed by atoms with van der Waals surface area (Å²) in [6, 6.07) is 22.1. The van der Waals surface area contributed by atoms with Gasteiger partial charge < -0.3 is 9.47 Å². The second-order valence-corrected chi connectivity index (χ2v) is 7.15. The number of fused-ring (bicyclic) bond motifs is 1. The van der Waals surface area contributed by atoms with Gasteiger partial charge in [-0.25, -0.2) is 0 Å². The van der Waals surface area contributed by atoms with Crippen molar-refractivity contribution in [1.29, 1.82) is 0 Å². The van der Waals surface area contributed by atoms with Gasteiger partial charge in [0.15, 0.2) is 0 Å². The standard InChI is InChI=1S/C26H23NO4/c1-3-31-21-14-8-18(9-15-21)16-24-22-6-4-5-7-23(22)25(28)27(26(24)29)17-19-10-12-20(30-2)13-11-19/h4-16H,3,17H2,1-2H3/b24-16+. The van der Waals surface area contributed by atoms with Gasteiger partial charge in [-0.3, -0.25) is 14.5 Å². The molecule has 1 heterocycles. The van der Waals surface area contributed by atoms with Gasteiger partial charge in [-0.15, -0.1) is 0 Å². The lowest BCUT2D eigenvalue weighted by Gasteiger charge is -2.28. The Hall–Kier alpha value is -3.86. The predicted octanol–water partition coefficient (Wildman–Crippen LogP) is 4.82. The molecule has 0 aromatic heterocycles. The van der Waals surface area contributed by atoms with E-state index in [0.29, 0.717) is 23.3 Å². The SMILES string of the molecule is CCOc1ccc(/C=C2/C(=O)N(Cc3ccc(OC)cc3)C(=O)c3ccccc32)cc1. The monoisotopic (exact) mass is 413 g/mol. The molecule has 2 amide bonds. The van der Waals surface area contributed by atoms with Crippen molar-refractivity contribution in [3.8, 4) is 11.5 Å². The number of ether oxygens (including phenoxy) is 2. The summed E-state index contributed by atoms with van der Waals surface area (Å²) < 4.78 is 10.7. The molecule has 0 saturated carbocycles. The summed E-state index contributed by atoms with van der Waals surface area (Å²) in [6.45, 7) is 2.72.